The molecule has 1 unspecified atom stereocenters. The van der Waals surface area contributed by atoms with Crippen molar-refractivity contribution in [2.75, 3.05) is 26.5 Å². The second-order valence-electron chi connectivity index (χ2n) is 3.23. The predicted molar refractivity (Wildman–Crippen MR) is 63.7 cm³/mol. The Bertz CT molecular complexity index is 256. The van der Waals surface area contributed by atoms with Crippen LogP contribution in [0.25, 0.3) is 0 Å². The van der Waals surface area contributed by atoms with Crippen molar-refractivity contribution in [2.45, 2.75) is 13.2 Å². The Morgan fingerprint density at radius 1 is 1.53 bits per heavy atom. The summed E-state index contributed by atoms with van der Waals surface area (Å²) < 4.78 is 10.8. The van der Waals surface area contributed by atoms with Crippen LogP contribution in [0.5, 0.6) is 0 Å². The fourth-order valence-corrected chi connectivity index (χ4v) is 2.68. The van der Waals surface area contributed by atoms with E-state index in [1.165, 1.54) is 26.0 Å². The van der Waals surface area contributed by atoms with Crippen LogP contribution in [-0.2, 0) is 14.3 Å². The second-order valence-corrected chi connectivity index (χ2v) is 4.96. The number of methoxy groups -OCH3 is 2. The molecule has 0 aliphatic carbocycles. The van der Waals surface area contributed by atoms with E-state index in [0.717, 1.165) is 5.75 Å². The largest absolute Gasteiger partial charge is 0.355 e. The monoisotopic (exact) mass is 249 g/mol. The van der Waals surface area contributed by atoms with Gasteiger partial charge in [0.2, 0.25) is 5.91 Å². The van der Waals surface area contributed by atoms with E-state index in [-0.39, 0.29) is 11.8 Å². The third-order valence-corrected chi connectivity index (χ3v) is 3.72. The first-order valence-electron chi connectivity index (χ1n) is 4.65. The van der Waals surface area contributed by atoms with Gasteiger partial charge in [0.05, 0.1) is 5.92 Å². The van der Waals surface area contributed by atoms with Crippen LogP contribution in [0.1, 0.15) is 6.92 Å². The lowest BCUT2D eigenvalue weighted by molar-refractivity contribution is -0.160. The van der Waals surface area contributed by atoms with Crippen molar-refractivity contribution in [1.29, 1.82) is 0 Å². The fourth-order valence-electron chi connectivity index (χ4n) is 1.46. The van der Waals surface area contributed by atoms with Gasteiger partial charge in [-0.2, -0.15) is 0 Å². The first-order chi connectivity index (χ1) is 7.11. The molecule has 1 aliphatic heterocycles. The number of hydrogen-bond acceptors (Lipinski definition) is 5. The Balaban J connectivity index is 2.62. The van der Waals surface area contributed by atoms with Gasteiger partial charge in [0.1, 0.15) is 4.32 Å². The molecular weight excluding hydrogens is 234 g/mol. The molecule has 15 heavy (non-hydrogen) atoms. The first kappa shape index (κ1) is 12.9. The van der Waals surface area contributed by atoms with Crippen molar-refractivity contribution in [3.63, 3.8) is 0 Å². The Morgan fingerprint density at radius 2 is 2.13 bits per heavy atom. The van der Waals surface area contributed by atoms with Crippen LogP contribution in [0, 0.1) is 5.92 Å². The quantitative estimate of drug-likeness (QED) is 0.551. The number of nitrogens with zero attached hydrogens (tertiary/aromatic N) is 1. The van der Waals surface area contributed by atoms with Crippen LogP contribution in [-0.4, -0.2) is 47.9 Å². The summed E-state index contributed by atoms with van der Waals surface area (Å²) >= 11 is 6.61. The summed E-state index contributed by atoms with van der Waals surface area (Å²) in [5.41, 5.74) is 0. The molecule has 0 aromatic rings. The van der Waals surface area contributed by atoms with Crippen molar-refractivity contribution < 1.29 is 14.3 Å². The van der Waals surface area contributed by atoms with E-state index in [1.807, 2.05) is 0 Å². The van der Waals surface area contributed by atoms with Gasteiger partial charge in [-0.15, -0.1) is 0 Å². The van der Waals surface area contributed by atoms with E-state index < -0.39 is 6.29 Å². The average Bonchev–Trinajstić information content (AvgIpc) is 2.65. The molecule has 1 heterocycles. The van der Waals surface area contributed by atoms with Crippen LogP contribution >= 0.6 is 24.0 Å². The van der Waals surface area contributed by atoms with E-state index in [4.69, 9.17) is 21.7 Å². The maximum absolute atomic E-state index is 12.0. The van der Waals surface area contributed by atoms with Gasteiger partial charge in [0.25, 0.3) is 0 Å². The number of carbonyl (C=O) groups excluding carboxylic acids is 1. The van der Waals surface area contributed by atoms with Gasteiger partial charge in [0.15, 0.2) is 6.29 Å². The van der Waals surface area contributed by atoms with Crippen LogP contribution in [0.3, 0.4) is 0 Å². The molecule has 1 rings (SSSR count). The Morgan fingerprint density at radius 3 is 2.53 bits per heavy atom. The zero-order chi connectivity index (χ0) is 11.4. The maximum Gasteiger partial charge on any atom is 0.235 e. The molecule has 0 aromatic carbocycles. The number of hydrogen-bond donors (Lipinski definition) is 0. The number of thioether (sulfide) groups is 1. The molecule has 4 nitrogen and oxygen atoms in total. The highest BCUT2D eigenvalue weighted by atomic mass is 32.2. The van der Waals surface area contributed by atoms with E-state index in [0.29, 0.717) is 10.9 Å². The molecule has 1 saturated heterocycles. The van der Waals surface area contributed by atoms with Gasteiger partial charge < -0.3 is 9.47 Å². The van der Waals surface area contributed by atoms with E-state index in [1.54, 1.807) is 11.8 Å². The molecule has 86 valence electrons. The molecule has 0 saturated carbocycles. The summed E-state index contributed by atoms with van der Waals surface area (Å²) in [6.45, 7) is 2.47. The lowest BCUT2D eigenvalue weighted by Crippen LogP contribution is -2.40. The predicted octanol–water partition coefficient (Wildman–Crippen LogP) is 1.10. The smallest absolute Gasteiger partial charge is 0.235 e. The summed E-state index contributed by atoms with van der Waals surface area (Å²) in [6, 6.07) is 0. The summed E-state index contributed by atoms with van der Waals surface area (Å²) in [5.74, 6) is 0.511. The SMILES string of the molecule is COC(OC)C(C)C(=O)N1CCSC1=S. The molecule has 0 spiro atoms. The van der Waals surface area contributed by atoms with Crippen molar-refractivity contribution in [1.82, 2.24) is 4.90 Å². The zero-order valence-electron chi connectivity index (χ0n) is 9.06. The van der Waals surface area contributed by atoms with E-state index in [9.17, 15) is 4.79 Å². The Kier molecular flexibility index (Phi) is 4.98. The number of ether oxygens (including phenoxy) is 2. The highest BCUT2D eigenvalue weighted by molar-refractivity contribution is 8.23. The van der Waals surface area contributed by atoms with Gasteiger partial charge in [-0.25, -0.2) is 0 Å². The third kappa shape index (κ3) is 2.90. The van der Waals surface area contributed by atoms with Gasteiger partial charge in [-0.1, -0.05) is 24.0 Å². The highest BCUT2D eigenvalue weighted by Gasteiger charge is 2.32. The summed E-state index contributed by atoms with van der Waals surface area (Å²) in [5, 5.41) is 0. The summed E-state index contributed by atoms with van der Waals surface area (Å²) in [6.07, 6.45) is -0.508. The molecule has 0 aromatic heterocycles. The first-order valence-corrected chi connectivity index (χ1v) is 6.05. The van der Waals surface area contributed by atoms with Gasteiger partial charge in [-0.3, -0.25) is 9.69 Å². The molecule has 0 bridgehead atoms. The topological polar surface area (TPSA) is 38.8 Å². The van der Waals surface area contributed by atoms with Gasteiger partial charge in [0, 0.05) is 26.5 Å². The van der Waals surface area contributed by atoms with Crippen LogP contribution < -0.4 is 0 Å². The lowest BCUT2D eigenvalue weighted by atomic mass is 10.1. The molecule has 1 aliphatic rings. The van der Waals surface area contributed by atoms with Gasteiger partial charge in [-0.05, 0) is 6.92 Å². The Labute approximate surface area is 99.3 Å². The summed E-state index contributed by atoms with van der Waals surface area (Å²) in [4.78, 5) is 13.6. The van der Waals surface area contributed by atoms with E-state index >= 15 is 0 Å². The normalized spacial score (nSPS) is 18.7. The molecule has 1 amide bonds. The number of rotatable bonds is 4. The zero-order valence-corrected chi connectivity index (χ0v) is 10.7. The van der Waals surface area contributed by atoms with Crippen molar-refractivity contribution in [3.05, 3.63) is 0 Å². The lowest BCUT2D eigenvalue weighted by Gasteiger charge is -2.24. The minimum atomic E-state index is -0.508. The van der Waals surface area contributed by atoms with Crippen LogP contribution in [0.2, 0.25) is 0 Å². The molecule has 1 fully saturated rings. The Hall–Kier alpha value is -0.170. The minimum absolute atomic E-state index is 0.0290. The molecule has 0 N–H and O–H groups in total. The van der Waals surface area contributed by atoms with Crippen molar-refractivity contribution in [3.8, 4) is 0 Å². The number of carbonyl (C=O) groups is 1. The number of amides is 1. The molecule has 1 atom stereocenters. The van der Waals surface area contributed by atoms with Gasteiger partial charge >= 0.3 is 0 Å². The van der Waals surface area contributed by atoms with Crippen LogP contribution in [0.4, 0.5) is 0 Å². The molecule has 0 radical (unpaired) electrons. The highest BCUT2D eigenvalue weighted by Crippen LogP contribution is 2.21. The van der Waals surface area contributed by atoms with Crippen LogP contribution in [0.15, 0.2) is 0 Å². The van der Waals surface area contributed by atoms with Crippen molar-refractivity contribution >= 4 is 34.2 Å². The minimum Gasteiger partial charge on any atom is -0.355 e. The summed E-state index contributed by atoms with van der Waals surface area (Å²) in [7, 11) is 3.05. The molecular formula is C9H15NO3S2. The average molecular weight is 249 g/mol. The van der Waals surface area contributed by atoms with E-state index in [2.05, 4.69) is 0 Å². The molecule has 6 heteroatoms. The second kappa shape index (κ2) is 5.79. The van der Waals surface area contributed by atoms with Crippen molar-refractivity contribution in [2.24, 2.45) is 5.92 Å². The number of thiocarbonyl (C=S) groups is 1. The standard InChI is InChI=1S/C9H15NO3S2/c1-6(8(12-2)13-3)7(11)10-4-5-15-9(10)14/h6,8H,4-5H2,1-3H3. The maximum atomic E-state index is 12.0. The third-order valence-electron chi connectivity index (χ3n) is 2.29. The fraction of sp³-hybridized carbons (Fsp3) is 0.778.